The van der Waals surface area contributed by atoms with Crippen LogP contribution in [0.15, 0.2) is 22.7 Å². The number of hydrogen-bond donors (Lipinski definition) is 0. The van der Waals surface area contributed by atoms with Gasteiger partial charge in [-0.2, -0.15) is 0 Å². The van der Waals surface area contributed by atoms with E-state index in [2.05, 4.69) is 22.0 Å². The van der Waals surface area contributed by atoms with Gasteiger partial charge in [0, 0.05) is 6.42 Å². The van der Waals surface area contributed by atoms with Crippen molar-refractivity contribution in [3.63, 3.8) is 0 Å². The first-order valence-corrected chi connectivity index (χ1v) is 5.03. The third-order valence-electron chi connectivity index (χ3n) is 2.08. The number of rotatable bonds is 3. The van der Waals surface area contributed by atoms with Gasteiger partial charge in [-0.3, -0.25) is 0 Å². The maximum Gasteiger partial charge on any atom is 0.133 e. The summed E-state index contributed by atoms with van der Waals surface area (Å²) in [6, 6.07) is 6.15. The molecule has 1 aromatic rings. The first-order valence-electron chi connectivity index (χ1n) is 4.23. The average molecular weight is 243 g/mol. The minimum absolute atomic E-state index is 0.436. The van der Waals surface area contributed by atoms with Gasteiger partial charge in [0.15, 0.2) is 0 Å². The highest BCUT2D eigenvalue weighted by Crippen LogP contribution is 2.27. The van der Waals surface area contributed by atoms with Gasteiger partial charge in [0.05, 0.1) is 24.3 Å². The Morgan fingerprint density at radius 2 is 2.38 bits per heavy atom. The lowest BCUT2D eigenvalue weighted by Crippen LogP contribution is -1.94. The molecule has 0 radical (unpaired) electrons. The van der Waals surface area contributed by atoms with Crippen molar-refractivity contribution in [1.29, 1.82) is 0 Å². The number of hydrogen-bond acceptors (Lipinski definition) is 2. The third-order valence-corrected chi connectivity index (χ3v) is 2.74. The fourth-order valence-electron chi connectivity index (χ4n) is 1.28. The zero-order valence-electron chi connectivity index (χ0n) is 7.42. The topological polar surface area (TPSA) is 21.8 Å². The molecule has 0 aliphatic carbocycles. The molecule has 0 bridgehead atoms. The van der Waals surface area contributed by atoms with Crippen molar-refractivity contribution in [3.8, 4) is 5.75 Å². The Kier molecular flexibility index (Phi) is 2.56. The quantitative estimate of drug-likeness (QED) is 0.760. The fourth-order valence-corrected chi connectivity index (χ4v) is 1.69. The Morgan fingerprint density at radius 1 is 1.62 bits per heavy atom. The number of ether oxygens (including phenoxy) is 2. The van der Waals surface area contributed by atoms with Gasteiger partial charge in [-0.25, -0.2) is 0 Å². The van der Waals surface area contributed by atoms with Crippen LogP contribution in [0.3, 0.4) is 0 Å². The van der Waals surface area contributed by atoms with Crippen LogP contribution in [0.4, 0.5) is 0 Å². The summed E-state index contributed by atoms with van der Waals surface area (Å²) in [4.78, 5) is 0. The zero-order valence-corrected chi connectivity index (χ0v) is 9.00. The largest absolute Gasteiger partial charge is 0.496 e. The van der Waals surface area contributed by atoms with Crippen molar-refractivity contribution >= 4 is 15.9 Å². The predicted octanol–water partition coefficient (Wildman–Crippen LogP) is 2.40. The van der Waals surface area contributed by atoms with Crippen molar-refractivity contribution in [2.75, 3.05) is 13.7 Å². The number of halogens is 1. The third kappa shape index (κ3) is 2.23. The molecule has 2 nitrogen and oxygen atoms in total. The van der Waals surface area contributed by atoms with Gasteiger partial charge in [-0.05, 0) is 33.6 Å². The second kappa shape index (κ2) is 3.68. The number of epoxide rings is 1. The van der Waals surface area contributed by atoms with Crippen LogP contribution in [0.2, 0.25) is 0 Å². The van der Waals surface area contributed by atoms with Crippen molar-refractivity contribution in [2.24, 2.45) is 0 Å². The molecule has 2 rings (SSSR count). The summed E-state index contributed by atoms with van der Waals surface area (Å²) < 4.78 is 11.4. The van der Waals surface area contributed by atoms with Crippen molar-refractivity contribution in [1.82, 2.24) is 0 Å². The van der Waals surface area contributed by atoms with Gasteiger partial charge in [-0.15, -0.1) is 0 Å². The summed E-state index contributed by atoms with van der Waals surface area (Å²) in [7, 11) is 1.68. The number of benzene rings is 1. The van der Waals surface area contributed by atoms with Crippen LogP contribution in [0.25, 0.3) is 0 Å². The fraction of sp³-hybridized carbons (Fsp3) is 0.400. The smallest absolute Gasteiger partial charge is 0.133 e. The molecule has 1 unspecified atom stereocenters. The highest BCUT2D eigenvalue weighted by atomic mass is 79.9. The molecule has 1 aromatic carbocycles. The molecule has 1 aliphatic rings. The highest BCUT2D eigenvalue weighted by Gasteiger charge is 2.22. The van der Waals surface area contributed by atoms with Crippen LogP contribution < -0.4 is 4.74 Å². The summed E-state index contributed by atoms with van der Waals surface area (Å²) in [5, 5.41) is 0. The molecular formula is C10H11BrO2. The second-order valence-corrected chi connectivity index (χ2v) is 3.98. The van der Waals surface area contributed by atoms with Crippen LogP contribution in [0.5, 0.6) is 5.75 Å². The monoisotopic (exact) mass is 242 g/mol. The molecule has 0 aromatic heterocycles. The van der Waals surface area contributed by atoms with Gasteiger partial charge >= 0.3 is 0 Å². The molecule has 1 aliphatic heterocycles. The molecule has 0 N–H and O–H groups in total. The second-order valence-electron chi connectivity index (χ2n) is 3.13. The van der Waals surface area contributed by atoms with E-state index in [1.54, 1.807) is 7.11 Å². The summed E-state index contributed by atoms with van der Waals surface area (Å²) in [6.07, 6.45) is 1.43. The van der Waals surface area contributed by atoms with Crippen molar-refractivity contribution < 1.29 is 9.47 Å². The van der Waals surface area contributed by atoms with Crippen LogP contribution in [-0.2, 0) is 11.2 Å². The Balaban J connectivity index is 2.16. The van der Waals surface area contributed by atoms with Crippen LogP contribution >= 0.6 is 15.9 Å². The van der Waals surface area contributed by atoms with E-state index < -0.39 is 0 Å². The first kappa shape index (κ1) is 9.03. The summed E-state index contributed by atoms with van der Waals surface area (Å²) in [5.74, 6) is 0.887. The molecular weight excluding hydrogens is 232 g/mol. The number of methoxy groups -OCH3 is 1. The first-order chi connectivity index (χ1) is 6.29. The summed E-state index contributed by atoms with van der Waals surface area (Å²) in [5.41, 5.74) is 1.27. The zero-order chi connectivity index (χ0) is 9.26. The average Bonchev–Trinajstić information content (AvgIpc) is 2.92. The lowest BCUT2D eigenvalue weighted by molar-refractivity contribution is 0.403. The highest BCUT2D eigenvalue weighted by molar-refractivity contribution is 9.10. The molecule has 13 heavy (non-hydrogen) atoms. The SMILES string of the molecule is COc1cc(CC2CO2)ccc1Br. The molecule has 1 atom stereocenters. The molecule has 1 fully saturated rings. The van der Waals surface area contributed by atoms with E-state index in [0.717, 1.165) is 23.2 Å². The molecule has 1 saturated heterocycles. The Bertz CT molecular complexity index is 308. The molecule has 0 spiro atoms. The normalized spacial score (nSPS) is 20.0. The van der Waals surface area contributed by atoms with E-state index in [4.69, 9.17) is 9.47 Å². The molecule has 0 amide bonds. The van der Waals surface area contributed by atoms with E-state index in [1.165, 1.54) is 5.56 Å². The van der Waals surface area contributed by atoms with Crippen LogP contribution in [0, 0.1) is 0 Å². The minimum Gasteiger partial charge on any atom is -0.496 e. The Hall–Kier alpha value is -0.540. The van der Waals surface area contributed by atoms with Crippen LogP contribution in [-0.4, -0.2) is 19.8 Å². The summed E-state index contributed by atoms with van der Waals surface area (Å²) >= 11 is 3.42. The maximum atomic E-state index is 5.20. The van der Waals surface area contributed by atoms with E-state index in [9.17, 15) is 0 Å². The molecule has 0 saturated carbocycles. The Labute approximate surface area is 86.0 Å². The summed E-state index contributed by atoms with van der Waals surface area (Å²) in [6.45, 7) is 0.901. The van der Waals surface area contributed by atoms with Crippen molar-refractivity contribution in [2.45, 2.75) is 12.5 Å². The predicted molar refractivity (Wildman–Crippen MR) is 54.1 cm³/mol. The van der Waals surface area contributed by atoms with E-state index in [0.29, 0.717) is 6.10 Å². The Morgan fingerprint density at radius 3 is 3.00 bits per heavy atom. The van der Waals surface area contributed by atoms with Gasteiger partial charge in [0.2, 0.25) is 0 Å². The maximum absolute atomic E-state index is 5.20. The van der Waals surface area contributed by atoms with E-state index in [-0.39, 0.29) is 0 Å². The van der Waals surface area contributed by atoms with Gasteiger partial charge in [-0.1, -0.05) is 6.07 Å². The van der Waals surface area contributed by atoms with E-state index >= 15 is 0 Å². The van der Waals surface area contributed by atoms with Gasteiger partial charge in [0.25, 0.3) is 0 Å². The van der Waals surface area contributed by atoms with Crippen molar-refractivity contribution in [3.05, 3.63) is 28.2 Å². The lowest BCUT2D eigenvalue weighted by Gasteiger charge is -2.05. The standard InChI is InChI=1S/C10H11BrO2/c1-12-10-5-7(2-3-9(10)11)4-8-6-13-8/h2-3,5,8H,4,6H2,1H3. The van der Waals surface area contributed by atoms with Crippen LogP contribution in [0.1, 0.15) is 5.56 Å². The van der Waals surface area contributed by atoms with Gasteiger partial charge in [0.1, 0.15) is 5.75 Å². The minimum atomic E-state index is 0.436. The molecule has 70 valence electrons. The lowest BCUT2D eigenvalue weighted by atomic mass is 10.1. The molecule has 3 heteroatoms. The van der Waals surface area contributed by atoms with E-state index in [1.807, 2.05) is 12.1 Å². The molecule has 1 heterocycles. The van der Waals surface area contributed by atoms with Gasteiger partial charge < -0.3 is 9.47 Å².